The monoisotopic (exact) mass is 423 g/mol. The summed E-state index contributed by atoms with van der Waals surface area (Å²) < 4.78 is 1.83. The molecule has 30 heavy (non-hydrogen) atoms. The highest BCUT2D eigenvalue weighted by molar-refractivity contribution is 6.34. The zero-order chi connectivity index (χ0) is 20.9. The Hall–Kier alpha value is -3.32. The molecular formula is C22H22ClN5O2. The zero-order valence-electron chi connectivity index (χ0n) is 16.3. The van der Waals surface area contributed by atoms with Crippen LogP contribution in [-0.2, 0) is 13.1 Å². The van der Waals surface area contributed by atoms with E-state index in [-0.39, 0.29) is 18.0 Å². The third-order valence-electron chi connectivity index (χ3n) is 4.83. The Bertz CT molecular complexity index is 1050. The number of halogens is 1. The SMILES string of the molecule is O=C(NCc1ccccc1Cn1cccn1)Nc1ccc(Cl)c(C(=O)NC2CC2)c1. The van der Waals surface area contributed by atoms with E-state index in [1.54, 1.807) is 24.4 Å². The molecule has 3 N–H and O–H groups in total. The van der Waals surface area contributed by atoms with Crippen LogP contribution in [0.15, 0.2) is 60.9 Å². The van der Waals surface area contributed by atoms with Crippen LogP contribution in [0.3, 0.4) is 0 Å². The maximum absolute atomic E-state index is 12.4. The Labute approximate surface area is 179 Å². The van der Waals surface area contributed by atoms with Gasteiger partial charge in [-0.05, 0) is 48.2 Å². The molecule has 1 aromatic heterocycles. The number of hydrogen-bond acceptors (Lipinski definition) is 3. The minimum atomic E-state index is -0.361. The molecule has 1 aliphatic rings. The Balaban J connectivity index is 1.37. The zero-order valence-corrected chi connectivity index (χ0v) is 17.0. The van der Waals surface area contributed by atoms with Gasteiger partial charge in [0.05, 0.1) is 17.1 Å². The number of nitrogens with zero attached hydrogens (tertiary/aromatic N) is 2. The number of carbonyl (C=O) groups excluding carboxylic acids is 2. The summed E-state index contributed by atoms with van der Waals surface area (Å²) in [6, 6.07) is 14.5. The maximum atomic E-state index is 12.4. The van der Waals surface area contributed by atoms with E-state index >= 15 is 0 Å². The molecule has 4 rings (SSSR count). The third kappa shape index (κ3) is 5.18. The number of hydrogen-bond donors (Lipinski definition) is 3. The lowest BCUT2D eigenvalue weighted by Crippen LogP contribution is -2.29. The number of urea groups is 1. The summed E-state index contributed by atoms with van der Waals surface area (Å²) in [4.78, 5) is 24.7. The van der Waals surface area contributed by atoms with Crippen molar-refractivity contribution in [3.8, 4) is 0 Å². The van der Waals surface area contributed by atoms with Crippen LogP contribution in [0.2, 0.25) is 5.02 Å². The minimum Gasteiger partial charge on any atom is -0.349 e. The summed E-state index contributed by atoms with van der Waals surface area (Å²) in [7, 11) is 0. The fraction of sp³-hybridized carbons (Fsp3) is 0.227. The van der Waals surface area contributed by atoms with E-state index in [9.17, 15) is 9.59 Å². The second-order valence-corrected chi connectivity index (χ2v) is 7.63. The maximum Gasteiger partial charge on any atom is 0.319 e. The number of anilines is 1. The van der Waals surface area contributed by atoms with Crippen molar-refractivity contribution in [3.05, 3.63) is 82.6 Å². The standard InChI is InChI=1S/C22H22ClN5O2/c23-20-9-8-18(12-19(20)21(29)26-17-6-7-17)27-22(30)24-13-15-4-1-2-5-16(15)14-28-11-3-10-25-28/h1-5,8-12,17H,6-7,13-14H2,(H,26,29)(H2,24,27,30). The van der Waals surface area contributed by atoms with E-state index < -0.39 is 0 Å². The lowest BCUT2D eigenvalue weighted by Gasteiger charge is -2.13. The largest absolute Gasteiger partial charge is 0.349 e. The van der Waals surface area contributed by atoms with Gasteiger partial charge in [0.2, 0.25) is 0 Å². The van der Waals surface area contributed by atoms with E-state index in [4.69, 9.17) is 11.6 Å². The number of benzene rings is 2. The van der Waals surface area contributed by atoms with E-state index in [1.165, 1.54) is 0 Å². The molecule has 0 radical (unpaired) electrons. The van der Waals surface area contributed by atoms with Crippen LogP contribution in [0.1, 0.15) is 34.3 Å². The van der Waals surface area contributed by atoms with Crippen molar-refractivity contribution in [2.24, 2.45) is 0 Å². The van der Waals surface area contributed by atoms with E-state index in [1.807, 2.05) is 41.2 Å². The highest BCUT2D eigenvalue weighted by atomic mass is 35.5. The molecular weight excluding hydrogens is 402 g/mol. The van der Waals surface area contributed by atoms with Crippen LogP contribution in [0.5, 0.6) is 0 Å². The second kappa shape index (κ2) is 9.00. The van der Waals surface area contributed by atoms with Gasteiger partial charge in [-0.1, -0.05) is 35.9 Å². The molecule has 1 saturated carbocycles. The van der Waals surface area contributed by atoms with Gasteiger partial charge in [-0.15, -0.1) is 0 Å². The predicted octanol–water partition coefficient (Wildman–Crippen LogP) is 3.80. The summed E-state index contributed by atoms with van der Waals surface area (Å²) in [6.07, 6.45) is 5.62. The molecule has 0 unspecified atom stereocenters. The Morgan fingerprint density at radius 3 is 2.63 bits per heavy atom. The third-order valence-corrected chi connectivity index (χ3v) is 5.16. The Morgan fingerprint density at radius 1 is 1.10 bits per heavy atom. The van der Waals surface area contributed by atoms with E-state index in [0.29, 0.717) is 29.4 Å². The van der Waals surface area contributed by atoms with Crippen molar-refractivity contribution >= 4 is 29.2 Å². The van der Waals surface area contributed by atoms with E-state index in [2.05, 4.69) is 21.0 Å². The summed E-state index contributed by atoms with van der Waals surface area (Å²) in [5, 5.41) is 13.1. The number of amides is 3. The molecule has 3 aromatic rings. The van der Waals surface area contributed by atoms with Crippen molar-refractivity contribution in [1.29, 1.82) is 0 Å². The summed E-state index contributed by atoms with van der Waals surface area (Å²) in [5.74, 6) is -0.223. The lowest BCUT2D eigenvalue weighted by molar-refractivity contribution is 0.0951. The summed E-state index contributed by atoms with van der Waals surface area (Å²) in [5.41, 5.74) is 2.93. The topological polar surface area (TPSA) is 88.1 Å². The smallest absolute Gasteiger partial charge is 0.319 e. The lowest BCUT2D eigenvalue weighted by atomic mass is 10.1. The van der Waals surface area contributed by atoms with Gasteiger partial charge in [0.15, 0.2) is 0 Å². The quantitative estimate of drug-likeness (QED) is 0.540. The molecule has 1 aliphatic carbocycles. The first-order valence-corrected chi connectivity index (χ1v) is 10.2. The highest BCUT2D eigenvalue weighted by Gasteiger charge is 2.24. The van der Waals surface area contributed by atoms with Crippen molar-refractivity contribution < 1.29 is 9.59 Å². The first-order valence-electron chi connectivity index (χ1n) is 9.78. The first-order chi connectivity index (χ1) is 14.6. The van der Waals surface area contributed by atoms with Gasteiger partial charge < -0.3 is 16.0 Å². The van der Waals surface area contributed by atoms with Crippen molar-refractivity contribution in [2.75, 3.05) is 5.32 Å². The van der Waals surface area contributed by atoms with Crippen molar-refractivity contribution in [3.63, 3.8) is 0 Å². The molecule has 0 aliphatic heterocycles. The molecule has 3 amide bonds. The molecule has 2 aromatic carbocycles. The van der Waals surface area contributed by atoms with Gasteiger partial charge in [-0.3, -0.25) is 9.48 Å². The van der Waals surface area contributed by atoms with Crippen LogP contribution >= 0.6 is 11.6 Å². The number of rotatable bonds is 7. The van der Waals surface area contributed by atoms with Crippen molar-refractivity contribution in [2.45, 2.75) is 32.0 Å². The molecule has 0 spiro atoms. The van der Waals surface area contributed by atoms with Gasteiger partial charge in [-0.2, -0.15) is 5.10 Å². The fourth-order valence-corrected chi connectivity index (χ4v) is 3.27. The van der Waals surface area contributed by atoms with Gasteiger partial charge in [0.25, 0.3) is 5.91 Å². The molecule has 154 valence electrons. The Kier molecular flexibility index (Phi) is 5.99. The number of aromatic nitrogens is 2. The second-order valence-electron chi connectivity index (χ2n) is 7.22. The molecule has 0 saturated heterocycles. The molecule has 0 atom stereocenters. The number of carbonyl (C=O) groups is 2. The molecule has 1 fully saturated rings. The average molecular weight is 424 g/mol. The van der Waals surface area contributed by atoms with Gasteiger partial charge in [0.1, 0.15) is 0 Å². The molecule has 8 heteroatoms. The number of nitrogens with one attached hydrogen (secondary N) is 3. The summed E-state index contributed by atoms with van der Waals surface area (Å²) >= 11 is 6.15. The van der Waals surface area contributed by atoms with Crippen LogP contribution < -0.4 is 16.0 Å². The highest BCUT2D eigenvalue weighted by Crippen LogP contribution is 2.24. The minimum absolute atomic E-state index is 0.223. The fourth-order valence-electron chi connectivity index (χ4n) is 3.07. The first kappa shape index (κ1) is 20.0. The summed E-state index contributed by atoms with van der Waals surface area (Å²) in [6.45, 7) is 0.995. The molecule has 7 nitrogen and oxygen atoms in total. The Morgan fingerprint density at radius 2 is 1.90 bits per heavy atom. The van der Waals surface area contributed by atoms with Crippen LogP contribution in [0, 0.1) is 0 Å². The molecule has 1 heterocycles. The van der Waals surface area contributed by atoms with Crippen molar-refractivity contribution in [1.82, 2.24) is 20.4 Å². The average Bonchev–Trinajstić information content (AvgIpc) is 3.40. The molecule has 0 bridgehead atoms. The van der Waals surface area contributed by atoms with Crippen LogP contribution in [0.4, 0.5) is 10.5 Å². The van der Waals surface area contributed by atoms with E-state index in [0.717, 1.165) is 24.0 Å². The van der Waals surface area contributed by atoms with Gasteiger partial charge >= 0.3 is 6.03 Å². The van der Waals surface area contributed by atoms with Gasteiger partial charge in [-0.25, -0.2) is 4.79 Å². The van der Waals surface area contributed by atoms with Gasteiger partial charge in [0, 0.05) is 30.7 Å². The van der Waals surface area contributed by atoms with Crippen LogP contribution in [0.25, 0.3) is 0 Å². The normalized spacial score (nSPS) is 13.0. The van der Waals surface area contributed by atoms with Crippen LogP contribution in [-0.4, -0.2) is 27.8 Å². The predicted molar refractivity (Wildman–Crippen MR) is 116 cm³/mol.